The second kappa shape index (κ2) is 14.2. The molecule has 7 nitrogen and oxygen atoms in total. The number of carboxylic acid groups (broad SMARTS) is 1. The van der Waals surface area contributed by atoms with E-state index >= 15 is 0 Å². The molecule has 3 heterocycles. The van der Waals surface area contributed by atoms with Crippen LogP contribution in [0.15, 0.2) is 54.6 Å². The van der Waals surface area contributed by atoms with Crippen molar-refractivity contribution in [1.29, 1.82) is 0 Å². The van der Waals surface area contributed by atoms with Crippen molar-refractivity contribution in [2.24, 2.45) is 17.6 Å². The van der Waals surface area contributed by atoms with E-state index in [2.05, 4.69) is 96.8 Å². The predicted octanol–water partition coefficient (Wildman–Crippen LogP) is 5.66. The summed E-state index contributed by atoms with van der Waals surface area (Å²) in [6, 6.07) is 19.3. The molecule has 4 atom stereocenters. The number of nitrogens with zero attached hydrogens (tertiary/aromatic N) is 4. The number of carboxylic acids is 1. The molecule has 3 N–H and O–H groups in total. The maximum atomic E-state index is 12.4. The van der Waals surface area contributed by atoms with Gasteiger partial charge in [0.25, 0.3) is 0 Å². The van der Waals surface area contributed by atoms with Crippen LogP contribution in [0.2, 0.25) is 0 Å². The number of hydrogen-bond donors (Lipinski definition) is 2. The van der Waals surface area contributed by atoms with Crippen molar-refractivity contribution in [1.82, 2.24) is 19.6 Å². The molecule has 2 aliphatic rings. The summed E-state index contributed by atoms with van der Waals surface area (Å²) >= 11 is 0. The van der Waals surface area contributed by atoms with E-state index < -0.39 is 12.0 Å². The molecule has 0 saturated carbocycles. The van der Waals surface area contributed by atoms with E-state index in [0.29, 0.717) is 24.3 Å². The van der Waals surface area contributed by atoms with Gasteiger partial charge in [0.2, 0.25) is 0 Å². The summed E-state index contributed by atoms with van der Waals surface area (Å²) in [5.74, 6) is 0.739. The van der Waals surface area contributed by atoms with E-state index in [1.807, 2.05) is 0 Å². The molecule has 3 aromatic rings. The zero-order valence-corrected chi connectivity index (χ0v) is 26.6. The molecule has 2 aromatic carbocycles. The van der Waals surface area contributed by atoms with Crippen LogP contribution in [-0.4, -0.2) is 69.4 Å². The van der Waals surface area contributed by atoms with E-state index in [1.54, 1.807) is 0 Å². The van der Waals surface area contributed by atoms with Crippen LogP contribution in [0, 0.1) is 18.8 Å². The van der Waals surface area contributed by atoms with E-state index in [-0.39, 0.29) is 5.92 Å². The lowest BCUT2D eigenvalue weighted by Crippen LogP contribution is -2.45. The summed E-state index contributed by atoms with van der Waals surface area (Å²) in [5.41, 5.74) is 13.3. The number of nitrogens with two attached hydrogens (primary N) is 1. The van der Waals surface area contributed by atoms with Gasteiger partial charge in [0, 0.05) is 56.7 Å². The highest BCUT2D eigenvalue weighted by atomic mass is 16.4. The first-order valence-corrected chi connectivity index (χ1v) is 16.4. The van der Waals surface area contributed by atoms with Crippen LogP contribution in [-0.2, 0) is 24.3 Å². The van der Waals surface area contributed by atoms with Gasteiger partial charge in [-0.05, 0) is 74.4 Å². The molecular weight excluding hydrogens is 534 g/mol. The molecule has 43 heavy (non-hydrogen) atoms. The van der Waals surface area contributed by atoms with Crippen molar-refractivity contribution < 1.29 is 9.90 Å². The molecule has 0 radical (unpaired) electrons. The van der Waals surface area contributed by atoms with Gasteiger partial charge in [-0.15, -0.1) is 0 Å². The Morgan fingerprint density at radius 1 is 1.05 bits per heavy atom. The zero-order valence-electron chi connectivity index (χ0n) is 26.6. The fourth-order valence-electron chi connectivity index (χ4n) is 7.48. The molecule has 0 bridgehead atoms. The molecular formula is C36H51N5O2. The number of carbonyl (C=O) groups is 1. The minimum absolute atomic E-state index is 0.128. The Kier molecular flexibility index (Phi) is 10.4. The number of aryl methyl sites for hydroxylation is 2. The summed E-state index contributed by atoms with van der Waals surface area (Å²) in [5, 5.41) is 15.1. The lowest BCUT2D eigenvalue weighted by molar-refractivity contribution is -0.145. The highest BCUT2D eigenvalue weighted by molar-refractivity contribution is 5.74. The van der Waals surface area contributed by atoms with Gasteiger partial charge < -0.3 is 15.7 Å². The average molecular weight is 586 g/mol. The SMILES string of the molecule is CCC(C)C(C(=O)O)N1CC(CN2CCC(c3cc(Cc4ccc(CN)cc4)nn3CC)CC2)C(c2cccc(C)c2)C1. The van der Waals surface area contributed by atoms with Crippen molar-refractivity contribution in [3.8, 4) is 0 Å². The largest absolute Gasteiger partial charge is 0.480 e. The number of hydrogen-bond acceptors (Lipinski definition) is 5. The van der Waals surface area contributed by atoms with Gasteiger partial charge in [-0.1, -0.05) is 74.4 Å². The van der Waals surface area contributed by atoms with Crippen molar-refractivity contribution in [2.45, 2.75) is 84.3 Å². The van der Waals surface area contributed by atoms with Crippen LogP contribution in [0.25, 0.3) is 0 Å². The van der Waals surface area contributed by atoms with Crippen LogP contribution in [0.3, 0.4) is 0 Å². The van der Waals surface area contributed by atoms with Gasteiger partial charge >= 0.3 is 5.97 Å². The molecule has 1 aromatic heterocycles. The van der Waals surface area contributed by atoms with Gasteiger partial charge in [-0.3, -0.25) is 14.4 Å². The first-order valence-electron chi connectivity index (χ1n) is 16.4. The average Bonchev–Trinajstić information content (AvgIpc) is 3.61. The van der Waals surface area contributed by atoms with Crippen molar-refractivity contribution >= 4 is 5.97 Å². The third-order valence-corrected chi connectivity index (χ3v) is 10.1. The van der Waals surface area contributed by atoms with Crippen LogP contribution in [0.1, 0.15) is 85.5 Å². The molecule has 2 fully saturated rings. The summed E-state index contributed by atoms with van der Waals surface area (Å²) in [6.45, 7) is 14.8. The van der Waals surface area contributed by atoms with E-state index in [1.165, 1.54) is 22.4 Å². The van der Waals surface area contributed by atoms with E-state index in [9.17, 15) is 9.90 Å². The van der Waals surface area contributed by atoms with Crippen LogP contribution in [0.5, 0.6) is 0 Å². The Morgan fingerprint density at radius 2 is 1.77 bits per heavy atom. The topological polar surface area (TPSA) is 87.6 Å². The van der Waals surface area contributed by atoms with Gasteiger partial charge in [0.1, 0.15) is 6.04 Å². The van der Waals surface area contributed by atoms with Crippen molar-refractivity contribution in [2.75, 3.05) is 32.7 Å². The number of aliphatic carboxylic acids is 1. The molecule has 4 unspecified atom stereocenters. The highest BCUT2D eigenvalue weighted by Gasteiger charge is 2.42. The van der Waals surface area contributed by atoms with E-state index in [4.69, 9.17) is 10.8 Å². The fourth-order valence-corrected chi connectivity index (χ4v) is 7.48. The quantitative estimate of drug-likeness (QED) is 0.285. The van der Waals surface area contributed by atoms with Crippen molar-refractivity contribution in [3.63, 3.8) is 0 Å². The number of benzene rings is 2. The number of rotatable bonds is 12. The Bertz CT molecular complexity index is 1340. The minimum Gasteiger partial charge on any atom is -0.480 e. The lowest BCUT2D eigenvalue weighted by atomic mass is 9.86. The maximum Gasteiger partial charge on any atom is 0.321 e. The molecule has 2 aliphatic heterocycles. The summed E-state index contributed by atoms with van der Waals surface area (Å²) in [7, 11) is 0. The number of aromatic nitrogens is 2. The standard InChI is InChI=1S/C36H51N5O2/c1-5-26(4)35(36(42)43)40-23-31(33(24-40)30-9-7-8-25(3)18-30)22-39-16-14-29(15-17-39)34-20-32(38-41(34)6-2)19-27-10-12-28(21-37)13-11-27/h7-13,18,20,26,29,31,33,35H,5-6,14-17,19,21-24,37H2,1-4H3,(H,42,43). The normalized spacial score (nSPS) is 21.7. The zero-order chi connectivity index (χ0) is 30.5. The predicted molar refractivity (Wildman–Crippen MR) is 173 cm³/mol. The summed E-state index contributed by atoms with van der Waals surface area (Å²) < 4.78 is 2.22. The summed E-state index contributed by atoms with van der Waals surface area (Å²) in [6.07, 6.45) is 3.98. The maximum absolute atomic E-state index is 12.4. The molecule has 0 spiro atoms. The lowest BCUT2D eigenvalue weighted by Gasteiger charge is -2.35. The van der Waals surface area contributed by atoms with Gasteiger partial charge in [0.05, 0.1) is 5.69 Å². The molecule has 0 aliphatic carbocycles. The van der Waals surface area contributed by atoms with Crippen LogP contribution in [0.4, 0.5) is 0 Å². The Labute approximate surface area is 258 Å². The van der Waals surface area contributed by atoms with Crippen LogP contribution < -0.4 is 5.73 Å². The van der Waals surface area contributed by atoms with Gasteiger partial charge in [-0.2, -0.15) is 5.10 Å². The third-order valence-electron chi connectivity index (χ3n) is 10.1. The number of piperidine rings is 1. The second-order valence-corrected chi connectivity index (χ2v) is 13.1. The van der Waals surface area contributed by atoms with Gasteiger partial charge in [-0.25, -0.2) is 0 Å². The Hall–Kier alpha value is -3.00. The second-order valence-electron chi connectivity index (χ2n) is 13.1. The van der Waals surface area contributed by atoms with Crippen LogP contribution >= 0.6 is 0 Å². The summed E-state index contributed by atoms with van der Waals surface area (Å²) in [4.78, 5) is 17.3. The molecule has 232 valence electrons. The first-order chi connectivity index (χ1) is 20.8. The smallest absolute Gasteiger partial charge is 0.321 e. The minimum atomic E-state index is -0.682. The first kappa shape index (κ1) is 31.4. The van der Waals surface area contributed by atoms with Gasteiger partial charge in [0.15, 0.2) is 0 Å². The Balaban J connectivity index is 1.25. The fraction of sp³-hybridized carbons (Fsp3) is 0.556. The highest BCUT2D eigenvalue weighted by Crippen LogP contribution is 2.38. The molecule has 7 heteroatoms. The van der Waals surface area contributed by atoms with E-state index in [0.717, 1.165) is 76.2 Å². The van der Waals surface area contributed by atoms with Crippen molar-refractivity contribution in [3.05, 3.63) is 88.2 Å². The Morgan fingerprint density at radius 3 is 2.40 bits per heavy atom. The monoisotopic (exact) mass is 585 g/mol. The molecule has 2 saturated heterocycles. The molecule has 0 amide bonds. The third kappa shape index (κ3) is 7.39. The number of likely N-dealkylation sites (tertiary alicyclic amines) is 2. The molecule has 5 rings (SSSR count).